The monoisotopic (exact) mass is 563 g/mol. The van der Waals surface area contributed by atoms with Crippen molar-refractivity contribution >= 4 is 42.6 Å². The average molecular weight is 564 g/mol. The lowest BCUT2D eigenvalue weighted by Crippen LogP contribution is -2.23. The summed E-state index contributed by atoms with van der Waals surface area (Å²) >= 11 is 1.22. The molecule has 1 aromatic carbocycles. The van der Waals surface area contributed by atoms with Gasteiger partial charge in [-0.15, -0.1) is 0 Å². The molecule has 1 amide bonds. The van der Waals surface area contributed by atoms with Crippen LogP contribution in [-0.4, -0.2) is 48.5 Å². The molecule has 2 aromatic heterocycles. The minimum absolute atomic E-state index is 0.0605. The first kappa shape index (κ1) is 26.9. The SMILES string of the molecule is CCCCOc1ccc2nc(NC(=O)[C@H](CC3CC(F)C(F)C3)c3ccc(S(=O)(=O)C4CC4)cc3)sc2n1. The van der Waals surface area contributed by atoms with Crippen molar-refractivity contribution in [3.63, 3.8) is 0 Å². The zero-order valence-electron chi connectivity index (χ0n) is 21.1. The van der Waals surface area contributed by atoms with Gasteiger partial charge < -0.3 is 10.1 Å². The molecule has 204 valence electrons. The second-order valence-corrected chi connectivity index (χ2v) is 13.4. The van der Waals surface area contributed by atoms with E-state index in [2.05, 4.69) is 22.2 Å². The molecular weight excluding hydrogens is 532 g/mol. The highest BCUT2D eigenvalue weighted by molar-refractivity contribution is 7.92. The number of carbonyl (C=O) groups excluding carboxylic acids is 1. The first-order valence-electron chi connectivity index (χ1n) is 13.1. The number of hydrogen-bond acceptors (Lipinski definition) is 7. The van der Waals surface area contributed by atoms with Crippen molar-refractivity contribution in [3.8, 4) is 5.88 Å². The molecule has 11 heteroatoms. The van der Waals surface area contributed by atoms with Crippen molar-refractivity contribution in [2.45, 2.75) is 80.3 Å². The van der Waals surface area contributed by atoms with E-state index in [0.29, 0.717) is 46.4 Å². The zero-order valence-corrected chi connectivity index (χ0v) is 22.7. The fourth-order valence-corrected chi connectivity index (χ4v) is 7.35. The topological polar surface area (TPSA) is 98.2 Å². The Bertz CT molecular complexity index is 1380. The van der Waals surface area contributed by atoms with Crippen LogP contribution in [0.25, 0.3) is 10.3 Å². The third-order valence-electron chi connectivity index (χ3n) is 7.18. The number of amides is 1. The number of benzene rings is 1. The molecule has 2 aliphatic carbocycles. The first-order chi connectivity index (χ1) is 18.2. The molecule has 0 bridgehead atoms. The van der Waals surface area contributed by atoms with Gasteiger partial charge in [0.15, 0.2) is 15.0 Å². The minimum atomic E-state index is -3.37. The van der Waals surface area contributed by atoms with Crippen molar-refractivity contribution < 1.29 is 26.7 Å². The molecule has 2 saturated carbocycles. The van der Waals surface area contributed by atoms with E-state index in [9.17, 15) is 22.0 Å². The lowest BCUT2D eigenvalue weighted by molar-refractivity contribution is -0.118. The molecule has 1 N–H and O–H groups in total. The number of nitrogens with one attached hydrogen (secondary N) is 1. The number of pyridine rings is 1. The lowest BCUT2D eigenvalue weighted by Gasteiger charge is -2.20. The van der Waals surface area contributed by atoms with Gasteiger partial charge in [0, 0.05) is 6.07 Å². The predicted octanol–water partition coefficient (Wildman–Crippen LogP) is 6.00. The largest absolute Gasteiger partial charge is 0.478 e. The smallest absolute Gasteiger partial charge is 0.233 e. The average Bonchev–Trinajstić information content (AvgIpc) is 3.61. The number of aromatic nitrogens is 2. The maximum absolute atomic E-state index is 13.9. The number of thiazole rings is 1. The number of hydrogen-bond donors (Lipinski definition) is 1. The number of nitrogens with zero attached hydrogens (tertiary/aromatic N) is 2. The van der Waals surface area contributed by atoms with Gasteiger partial charge in [0.2, 0.25) is 11.8 Å². The standard InChI is InChI=1S/C27H31F2N3O4S2/c1-2-3-12-36-24-11-10-23-26(31-24)37-27(30-23)32-25(33)20(13-16-14-21(28)22(29)15-16)17-4-6-18(7-5-17)38(34,35)19-8-9-19/h4-7,10-11,16,19-22H,2-3,8-9,12-15H2,1H3,(H,30,32,33)/t16?,20-,21?,22?/m1/s1. The fourth-order valence-electron chi connectivity index (χ4n) is 4.86. The quantitative estimate of drug-likeness (QED) is 0.287. The molecule has 3 atom stereocenters. The van der Waals surface area contributed by atoms with Crippen LogP contribution >= 0.6 is 11.3 Å². The highest BCUT2D eigenvalue weighted by Gasteiger charge is 2.39. The molecule has 0 saturated heterocycles. The van der Waals surface area contributed by atoms with Gasteiger partial charge in [-0.25, -0.2) is 27.2 Å². The van der Waals surface area contributed by atoms with Crippen LogP contribution in [0.4, 0.5) is 13.9 Å². The molecule has 2 unspecified atom stereocenters. The summed E-state index contributed by atoms with van der Waals surface area (Å²) in [6.45, 7) is 2.65. The van der Waals surface area contributed by atoms with Gasteiger partial charge in [-0.2, -0.15) is 0 Å². The van der Waals surface area contributed by atoms with E-state index in [4.69, 9.17) is 4.74 Å². The number of sulfone groups is 1. The lowest BCUT2D eigenvalue weighted by atomic mass is 9.87. The van der Waals surface area contributed by atoms with E-state index in [-0.39, 0.29) is 41.2 Å². The Hall–Kier alpha value is -2.66. The van der Waals surface area contributed by atoms with Crippen molar-refractivity contribution in [2.75, 3.05) is 11.9 Å². The summed E-state index contributed by atoms with van der Waals surface area (Å²) in [5.41, 5.74) is 1.22. The predicted molar refractivity (Wildman–Crippen MR) is 143 cm³/mol. The van der Waals surface area contributed by atoms with Crippen LogP contribution in [0.15, 0.2) is 41.3 Å². The summed E-state index contributed by atoms with van der Waals surface area (Å²) in [7, 11) is -3.37. The summed E-state index contributed by atoms with van der Waals surface area (Å²) in [6, 6.07) is 9.84. The maximum atomic E-state index is 13.9. The third-order valence-corrected chi connectivity index (χ3v) is 10.3. The molecule has 0 aliphatic heterocycles. The number of ether oxygens (including phenoxy) is 1. The van der Waals surface area contributed by atoms with Crippen LogP contribution in [0, 0.1) is 5.92 Å². The second kappa shape index (κ2) is 11.2. The zero-order chi connectivity index (χ0) is 26.9. The third kappa shape index (κ3) is 5.98. The molecule has 2 aliphatic rings. The van der Waals surface area contributed by atoms with Crippen LogP contribution in [0.1, 0.15) is 63.4 Å². The highest BCUT2D eigenvalue weighted by Crippen LogP contribution is 2.39. The fraction of sp³-hybridized carbons (Fsp3) is 0.519. The van der Waals surface area contributed by atoms with Crippen LogP contribution in [-0.2, 0) is 14.6 Å². The molecule has 7 nitrogen and oxygen atoms in total. The molecular formula is C27H31F2N3O4S2. The van der Waals surface area contributed by atoms with Crippen molar-refractivity contribution in [1.29, 1.82) is 0 Å². The van der Waals surface area contributed by atoms with Gasteiger partial charge >= 0.3 is 0 Å². The number of fused-ring (bicyclic) bond motifs is 1. The summed E-state index contributed by atoms with van der Waals surface area (Å²) < 4.78 is 58.7. The molecule has 3 aromatic rings. The first-order valence-corrected chi connectivity index (χ1v) is 15.4. The van der Waals surface area contributed by atoms with Gasteiger partial charge in [0.05, 0.1) is 22.7 Å². The Kier molecular flexibility index (Phi) is 7.95. The Labute approximate surface area is 224 Å². The summed E-state index contributed by atoms with van der Waals surface area (Å²) in [6.07, 6.45) is 0.571. The van der Waals surface area contributed by atoms with Crippen LogP contribution in [0.3, 0.4) is 0 Å². The van der Waals surface area contributed by atoms with E-state index >= 15 is 0 Å². The van der Waals surface area contributed by atoms with E-state index in [1.165, 1.54) is 23.5 Å². The molecule has 2 heterocycles. The van der Waals surface area contributed by atoms with Gasteiger partial charge in [0.1, 0.15) is 22.7 Å². The Morgan fingerprint density at radius 3 is 2.47 bits per heavy atom. The number of halogens is 2. The van der Waals surface area contributed by atoms with Crippen molar-refractivity contribution in [1.82, 2.24) is 9.97 Å². The molecule has 38 heavy (non-hydrogen) atoms. The number of carbonyl (C=O) groups is 1. The number of alkyl halides is 2. The summed E-state index contributed by atoms with van der Waals surface area (Å²) in [5.74, 6) is -0.887. The molecule has 5 rings (SSSR count). The van der Waals surface area contributed by atoms with Crippen molar-refractivity contribution in [2.24, 2.45) is 5.92 Å². The van der Waals surface area contributed by atoms with E-state index < -0.39 is 28.1 Å². The van der Waals surface area contributed by atoms with Crippen molar-refractivity contribution in [3.05, 3.63) is 42.0 Å². The van der Waals surface area contributed by atoms with E-state index in [1.54, 1.807) is 24.3 Å². The van der Waals surface area contributed by atoms with Crippen LogP contribution in [0.5, 0.6) is 5.88 Å². The Morgan fingerprint density at radius 2 is 1.82 bits per heavy atom. The summed E-state index contributed by atoms with van der Waals surface area (Å²) in [5, 5.41) is 2.88. The highest BCUT2D eigenvalue weighted by atomic mass is 32.2. The van der Waals surface area contributed by atoms with E-state index in [0.717, 1.165) is 12.8 Å². The molecule has 0 spiro atoms. The normalized spacial score (nSPS) is 22.4. The van der Waals surface area contributed by atoms with Gasteiger partial charge in [-0.3, -0.25) is 4.79 Å². The maximum Gasteiger partial charge on any atom is 0.233 e. The summed E-state index contributed by atoms with van der Waals surface area (Å²) in [4.78, 5) is 23.3. The second-order valence-electron chi connectivity index (χ2n) is 10.2. The van der Waals surface area contributed by atoms with Crippen LogP contribution < -0.4 is 10.1 Å². The number of anilines is 1. The van der Waals surface area contributed by atoms with E-state index in [1.807, 2.05) is 0 Å². The minimum Gasteiger partial charge on any atom is -0.478 e. The molecule has 2 fully saturated rings. The van der Waals surface area contributed by atoms with Gasteiger partial charge in [0.25, 0.3) is 0 Å². The molecule has 0 radical (unpaired) electrons. The van der Waals surface area contributed by atoms with Gasteiger partial charge in [-0.05, 0) is 68.2 Å². The Morgan fingerprint density at radius 1 is 1.11 bits per heavy atom. The number of unbranched alkanes of at least 4 members (excludes halogenated alkanes) is 1. The van der Waals surface area contributed by atoms with Crippen LogP contribution in [0.2, 0.25) is 0 Å². The van der Waals surface area contributed by atoms with Gasteiger partial charge in [-0.1, -0.05) is 36.8 Å². The Balaban J connectivity index is 1.35. The number of rotatable bonds is 11.